The summed E-state index contributed by atoms with van der Waals surface area (Å²) in [4.78, 5) is 0. The Morgan fingerprint density at radius 3 is 2.44 bits per heavy atom. The van der Waals surface area contributed by atoms with Crippen molar-refractivity contribution in [3.63, 3.8) is 0 Å². The van der Waals surface area contributed by atoms with Gasteiger partial charge in [0, 0.05) is 17.9 Å². The number of ether oxygens (including phenoxy) is 1. The lowest BCUT2D eigenvalue weighted by Crippen LogP contribution is -2.16. The van der Waals surface area contributed by atoms with Gasteiger partial charge in [-0.25, -0.2) is 0 Å². The van der Waals surface area contributed by atoms with Crippen LogP contribution in [0.5, 0.6) is 0 Å². The van der Waals surface area contributed by atoms with Gasteiger partial charge in [0.2, 0.25) is 0 Å². The van der Waals surface area contributed by atoms with Crippen LogP contribution in [-0.4, -0.2) is 18.8 Å². The Labute approximate surface area is 114 Å². The topological polar surface area (TPSA) is 21.3 Å². The van der Waals surface area contributed by atoms with E-state index in [9.17, 15) is 0 Å². The summed E-state index contributed by atoms with van der Waals surface area (Å²) in [7, 11) is 4.62. The van der Waals surface area contributed by atoms with E-state index in [-0.39, 0.29) is 5.16 Å². The average Bonchev–Trinajstić information content (AvgIpc) is 2.26. The third kappa shape index (κ3) is 9.07. The van der Waals surface area contributed by atoms with Crippen molar-refractivity contribution in [3.8, 4) is 0 Å². The van der Waals surface area contributed by atoms with Crippen LogP contribution in [0.4, 0.5) is 0 Å². The molecule has 1 N–H and O–H groups in total. The SMILES string of the molecule is C=C(/C=C(C)/C(C)=C/C=C/OCC(C)(C)P)NC. The zero-order valence-corrected chi connectivity index (χ0v) is 13.4. The molecule has 0 aliphatic carbocycles. The fourth-order valence-electron chi connectivity index (χ4n) is 1.08. The van der Waals surface area contributed by atoms with Gasteiger partial charge in [-0.05, 0) is 37.1 Å². The van der Waals surface area contributed by atoms with Gasteiger partial charge < -0.3 is 10.1 Å². The van der Waals surface area contributed by atoms with E-state index in [1.165, 1.54) is 11.1 Å². The molecule has 0 saturated carbocycles. The van der Waals surface area contributed by atoms with Crippen molar-refractivity contribution >= 4 is 9.24 Å². The molecule has 0 fully saturated rings. The third-order valence-corrected chi connectivity index (χ3v) is 2.48. The lowest BCUT2D eigenvalue weighted by molar-refractivity contribution is 0.225. The van der Waals surface area contributed by atoms with Crippen LogP contribution in [0, 0.1) is 0 Å². The van der Waals surface area contributed by atoms with E-state index in [4.69, 9.17) is 4.74 Å². The lowest BCUT2D eigenvalue weighted by atomic mass is 10.1. The van der Waals surface area contributed by atoms with Crippen LogP contribution in [0.2, 0.25) is 0 Å². The lowest BCUT2D eigenvalue weighted by Gasteiger charge is -2.16. The number of allylic oxidation sites excluding steroid dienone is 5. The second-order valence-electron chi connectivity index (χ2n) is 5.08. The Balaban J connectivity index is 4.31. The predicted octanol–water partition coefficient (Wildman–Crippen LogP) is 3.80. The van der Waals surface area contributed by atoms with E-state index in [2.05, 4.69) is 48.8 Å². The quantitative estimate of drug-likeness (QED) is 0.430. The van der Waals surface area contributed by atoms with Crippen molar-refractivity contribution in [1.29, 1.82) is 0 Å². The maximum Gasteiger partial charge on any atom is 0.0958 e. The molecule has 0 amide bonds. The minimum Gasteiger partial charge on any atom is -0.500 e. The molecule has 0 bridgehead atoms. The molecule has 1 unspecified atom stereocenters. The molecule has 0 heterocycles. The van der Waals surface area contributed by atoms with Crippen molar-refractivity contribution in [3.05, 3.63) is 47.9 Å². The molecule has 0 saturated heterocycles. The van der Waals surface area contributed by atoms with E-state index in [1.807, 2.05) is 25.3 Å². The predicted molar refractivity (Wildman–Crippen MR) is 84.6 cm³/mol. The Bertz CT molecular complexity index is 359. The first-order valence-corrected chi connectivity index (χ1v) is 6.63. The molecule has 0 rings (SSSR count). The molecule has 18 heavy (non-hydrogen) atoms. The van der Waals surface area contributed by atoms with Crippen LogP contribution in [-0.2, 0) is 4.74 Å². The van der Waals surface area contributed by atoms with Crippen molar-refractivity contribution < 1.29 is 4.74 Å². The average molecular weight is 267 g/mol. The molecule has 0 aliphatic heterocycles. The summed E-state index contributed by atoms with van der Waals surface area (Å²) in [6, 6.07) is 0. The molecular weight excluding hydrogens is 241 g/mol. The maximum atomic E-state index is 5.44. The highest BCUT2D eigenvalue weighted by atomic mass is 31.0. The molecule has 1 atom stereocenters. The number of likely N-dealkylation sites (N-methyl/N-ethyl adjacent to an activating group) is 1. The second-order valence-corrected chi connectivity index (χ2v) is 6.64. The zero-order chi connectivity index (χ0) is 14.2. The van der Waals surface area contributed by atoms with E-state index in [1.54, 1.807) is 6.26 Å². The number of hydrogen-bond donors (Lipinski definition) is 1. The summed E-state index contributed by atoms with van der Waals surface area (Å²) in [5, 5.41) is 3.12. The van der Waals surface area contributed by atoms with Crippen LogP contribution in [0.3, 0.4) is 0 Å². The summed E-state index contributed by atoms with van der Waals surface area (Å²) in [5.74, 6) is 0. The molecule has 0 aromatic carbocycles. The molecule has 0 radical (unpaired) electrons. The normalized spacial score (nSPS) is 13.9. The van der Waals surface area contributed by atoms with Gasteiger partial charge in [-0.15, -0.1) is 9.24 Å². The fourth-order valence-corrected chi connectivity index (χ4v) is 1.18. The number of nitrogens with one attached hydrogen (secondary N) is 1. The van der Waals surface area contributed by atoms with Gasteiger partial charge in [-0.1, -0.05) is 26.5 Å². The molecule has 2 nitrogen and oxygen atoms in total. The van der Waals surface area contributed by atoms with E-state index >= 15 is 0 Å². The summed E-state index contributed by atoms with van der Waals surface area (Å²) < 4.78 is 5.44. The summed E-state index contributed by atoms with van der Waals surface area (Å²) in [6.45, 7) is 12.9. The van der Waals surface area contributed by atoms with Gasteiger partial charge in [0.05, 0.1) is 12.9 Å². The standard InChI is InChI=1S/C15H26NOP/c1-12(13(2)10-14(3)16-6)8-7-9-17-11-15(4,5)18/h7-10,16H,3,11,18H2,1-2,4-6H3/b9-7+,12-8+,13-10+. The maximum absolute atomic E-state index is 5.44. The van der Waals surface area contributed by atoms with Crippen molar-refractivity contribution in [2.45, 2.75) is 32.9 Å². The Morgan fingerprint density at radius 1 is 1.33 bits per heavy atom. The molecule has 102 valence electrons. The van der Waals surface area contributed by atoms with Gasteiger partial charge >= 0.3 is 0 Å². The van der Waals surface area contributed by atoms with E-state index in [0.717, 1.165) is 5.70 Å². The van der Waals surface area contributed by atoms with Gasteiger partial charge in [0.1, 0.15) is 0 Å². The zero-order valence-electron chi connectivity index (χ0n) is 12.2. The Kier molecular flexibility index (Phi) is 7.70. The van der Waals surface area contributed by atoms with Gasteiger partial charge in [-0.3, -0.25) is 0 Å². The van der Waals surface area contributed by atoms with Crippen LogP contribution in [0.15, 0.2) is 47.9 Å². The monoisotopic (exact) mass is 267 g/mol. The van der Waals surface area contributed by atoms with Crippen LogP contribution < -0.4 is 5.32 Å². The molecule has 3 heteroatoms. The number of hydrogen-bond acceptors (Lipinski definition) is 2. The highest BCUT2D eigenvalue weighted by Gasteiger charge is 2.08. The van der Waals surface area contributed by atoms with Gasteiger partial charge in [0.15, 0.2) is 0 Å². The summed E-state index contributed by atoms with van der Waals surface area (Å²) in [6.07, 6.45) is 7.71. The summed E-state index contributed by atoms with van der Waals surface area (Å²) >= 11 is 0. The first-order valence-electron chi connectivity index (χ1n) is 6.05. The first-order chi connectivity index (χ1) is 8.26. The van der Waals surface area contributed by atoms with Crippen LogP contribution >= 0.6 is 9.24 Å². The van der Waals surface area contributed by atoms with Gasteiger partial charge in [-0.2, -0.15) is 0 Å². The molecule has 0 aromatic rings. The van der Waals surface area contributed by atoms with Crippen molar-refractivity contribution in [2.75, 3.05) is 13.7 Å². The number of rotatable bonds is 7. The van der Waals surface area contributed by atoms with Crippen LogP contribution in [0.25, 0.3) is 0 Å². The Hall–Kier alpha value is -1.01. The Morgan fingerprint density at radius 2 is 1.94 bits per heavy atom. The smallest absolute Gasteiger partial charge is 0.0958 e. The molecule has 0 spiro atoms. The first kappa shape index (κ1) is 17.0. The fraction of sp³-hybridized carbons (Fsp3) is 0.467. The molecular formula is C15H26NOP. The minimum atomic E-state index is 0.115. The van der Waals surface area contributed by atoms with E-state index in [0.29, 0.717) is 6.61 Å². The molecule has 0 aromatic heterocycles. The van der Waals surface area contributed by atoms with Crippen LogP contribution in [0.1, 0.15) is 27.7 Å². The van der Waals surface area contributed by atoms with Gasteiger partial charge in [0.25, 0.3) is 0 Å². The highest BCUT2D eigenvalue weighted by molar-refractivity contribution is 7.18. The largest absolute Gasteiger partial charge is 0.500 e. The molecule has 0 aliphatic rings. The van der Waals surface area contributed by atoms with Crippen molar-refractivity contribution in [2.24, 2.45) is 0 Å². The van der Waals surface area contributed by atoms with E-state index < -0.39 is 0 Å². The minimum absolute atomic E-state index is 0.115. The summed E-state index contributed by atoms with van der Waals surface area (Å²) in [5.41, 5.74) is 3.28. The van der Waals surface area contributed by atoms with Crippen molar-refractivity contribution in [1.82, 2.24) is 5.32 Å². The third-order valence-electron chi connectivity index (χ3n) is 2.31. The second kappa shape index (κ2) is 8.16. The highest BCUT2D eigenvalue weighted by Crippen LogP contribution is 2.16.